The Balaban J connectivity index is 2.92. The van der Waals surface area contributed by atoms with Gasteiger partial charge in [0.15, 0.2) is 6.29 Å². The van der Waals surface area contributed by atoms with Gasteiger partial charge in [0.25, 0.3) is 0 Å². The van der Waals surface area contributed by atoms with Gasteiger partial charge in [-0.05, 0) is 25.7 Å². The maximum Gasteiger partial charge on any atom is 0.168 e. The first-order valence-corrected chi connectivity index (χ1v) is 8.55. The van der Waals surface area contributed by atoms with E-state index in [2.05, 4.69) is 18.8 Å². The summed E-state index contributed by atoms with van der Waals surface area (Å²) in [6.45, 7) is 1.74. The van der Waals surface area contributed by atoms with E-state index in [1.807, 2.05) is 0 Å². The van der Waals surface area contributed by atoms with Gasteiger partial charge in [-0.1, -0.05) is 0 Å². The molecule has 5 unspecified atom stereocenters. The van der Waals surface area contributed by atoms with Crippen molar-refractivity contribution in [1.82, 2.24) is 0 Å². The van der Waals surface area contributed by atoms with Gasteiger partial charge >= 0.3 is 0 Å². The van der Waals surface area contributed by atoms with Crippen LogP contribution in [0.3, 0.4) is 0 Å². The van der Waals surface area contributed by atoms with Crippen LogP contribution in [0.25, 0.3) is 0 Å². The number of rotatable bonds is 2. The van der Waals surface area contributed by atoms with Crippen LogP contribution in [0.2, 0.25) is 0 Å². The molecule has 5 atom stereocenters. The summed E-state index contributed by atoms with van der Waals surface area (Å²) in [5.74, 6) is 0. The first kappa shape index (κ1) is 14.0. The molecule has 2 N–H and O–H groups in total. The van der Waals surface area contributed by atoms with Crippen LogP contribution in [0.4, 0.5) is 0 Å². The van der Waals surface area contributed by atoms with Gasteiger partial charge in [-0.25, -0.2) is 10.0 Å². The average Bonchev–Trinajstić information content (AvgIpc) is 2.08. The monoisotopic (exact) mass is 350 g/mol. The largest absolute Gasteiger partial charge is 0.388 e. The van der Waals surface area contributed by atoms with E-state index in [1.165, 1.54) is 0 Å². The van der Waals surface area contributed by atoms with Gasteiger partial charge in [0, 0.05) is 0 Å². The van der Waals surface area contributed by atoms with Gasteiger partial charge in [-0.2, -0.15) is 0 Å². The Hall–Kier alpha value is 0.920. The fourth-order valence-electron chi connectivity index (χ4n) is 1.86. The fraction of sp³-hybridized carbons (Fsp3) is 1.00. The molecule has 4 nitrogen and oxygen atoms in total. The van der Waals surface area contributed by atoms with Crippen LogP contribution < -0.4 is 0 Å². The topological polar surface area (TPSA) is 58.9 Å². The molecule has 1 saturated heterocycles. The molecule has 0 aromatic carbocycles. The van der Waals surface area contributed by atoms with Crippen molar-refractivity contribution in [2.24, 2.45) is 0 Å². The number of hydrogen-bond acceptors (Lipinski definition) is 4. The summed E-state index contributed by atoms with van der Waals surface area (Å²) in [5, 5.41) is 19.7. The van der Waals surface area contributed by atoms with Crippen LogP contribution in [0.1, 0.15) is 6.92 Å². The Morgan fingerprint density at radius 1 is 1.27 bits per heavy atom. The zero-order chi connectivity index (χ0) is 11.8. The summed E-state index contributed by atoms with van der Waals surface area (Å²) >= 11 is 1.78. The number of ether oxygens (including phenoxy) is 1. The van der Waals surface area contributed by atoms with Crippen molar-refractivity contribution in [2.45, 2.75) is 36.8 Å². The Kier molecular flexibility index (Phi) is 4.71. The zero-order valence-corrected chi connectivity index (χ0v) is 12.4. The van der Waals surface area contributed by atoms with E-state index in [-0.39, 0.29) is 11.4 Å². The van der Waals surface area contributed by atoms with Crippen LogP contribution >= 0.6 is 33.0 Å². The first-order valence-electron chi connectivity index (χ1n) is 4.75. The van der Waals surface area contributed by atoms with Gasteiger partial charge in [-0.15, -0.1) is 0 Å². The fourth-order valence-corrected chi connectivity index (χ4v) is 4.46. The van der Waals surface area contributed by atoms with Crippen LogP contribution in [0.15, 0.2) is 0 Å². The molecule has 92 valence electrons. The molecule has 1 aliphatic heterocycles. The lowest BCUT2D eigenvalue weighted by Gasteiger charge is -2.48. The summed E-state index contributed by atoms with van der Waals surface area (Å²) in [7, 11) is -1.06. The van der Waals surface area contributed by atoms with Gasteiger partial charge in [-0.3, -0.25) is 0 Å². The normalized spacial score (nSPS) is 44.1. The molecule has 0 aromatic heterocycles. The maximum absolute atomic E-state index is 9.94. The predicted octanol–water partition coefficient (Wildman–Crippen LogP) is 0.882. The molecular weight excluding hydrogens is 331 g/mol. The van der Waals surface area contributed by atoms with Crippen LogP contribution in [0.5, 0.6) is 0 Å². The second-order valence-corrected chi connectivity index (χ2v) is 9.59. The molecule has 1 fully saturated rings. The molecule has 0 amide bonds. The van der Waals surface area contributed by atoms with Crippen LogP contribution in [-0.2, 0) is 7.80 Å². The van der Waals surface area contributed by atoms with Crippen molar-refractivity contribution in [2.75, 3.05) is 18.8 Å². The van der Waals surface area contributed by atoms with Crippen molar-refractivity contribution >= 4 is 33.0 Å². The molecule has 6 heteroatoms. The molecule has 0 bridgehead atoms. The molecule has 0 spiro atoms. The summed E-state index contributed by atoms with van der Waals surface area (Å²) in [6.07, 6.45) is 3.96. The van der Waals surface area contributed by atoms with E-state index in [9.17, 15) is 10.2 Å². The van der Waals surface area contributed by atoms with Gasteiger partial charge in [0.05, 0.1) is 11.4 Å². The molecule has 15 heavy (non-hydrogen) atoms. The third kappa shape index (κ3) is 2.98. The Bertz CT molecular complexity index is 221. The average molecular weight is 350 g/mol. The minimum absolute atomic E-state index is 0.152. The van der Waals surface area contributed by atoms with Crippen molar-refractivity contribution in [1.29, 1.82) is 0 Å². The quantitative estimate of drug-likeness (QED) is 0.726. The van der Waals surface area contributed by atoms with Crippen molar-refractivity contribution in [3.63, 3.8) is 0 Å². The molecule has 1 heterocycles. The first-order chi connectivity index (χ1) is 6.79. The molecule has 0 aliphatic carbocycles. The van der Waals surface area contributed by atoms with E-state index in [0.717, 1.165) is 0 Å². The Labute approximate surface area is 106 Å². The molecule has 0 saturated carbocycles. The third-order valence-electron chi connectivity index (χ3n) is 2.70. The van der Waals surface area contributed by atoms with Gasteiger partial charge in [0.2, 0.25) is 0 Å². The maximum atomic E-state index is 9.94. The highest BCUT2D eigenvalue weighted by atomic mass is 127. The summed E-state index contributed by atoms with van der Waals surface area (Å²) < 4.78 is 10.6. The minimum atomic E-state index is -1.06. The summed E-state index contributed by atoms with van der Waals surface area (Å²) in [5.41, 5.74) is 0. The summed E-state index contributed by atoms with van der Waals surface area (Å²) in [4.78, 5) is 0. The number of hydrogen-bond donors (Lipinski definition) is 2. The highest BCUT2D eigenvalue weighted by molar-refractivity contribution is 14.1. The van der Waals surface area contributed by atoms with Gasteiger partial charge < -0.3 is 18.0 Å². The lowest BCUT2D eigenvalue weighted by Crippen LogP contribution is -2.57. The second kappa shape index (κ2) is 5.05. The standard InChI is InChI=1S/C9H19IO4S/c1-5-6(11)7(14-10)8(9(12)13-5)15(2,3)4/h5-9,11-12H,1-4H3. The zero-order valence-electron chi connectivity index (χ0n) is 9.38. The Morgan fingerprint density at radius 2 is 1.80 bits per heavy atom. The smallest absolute Gasteiger partial charge is 0.168 e. The highest BCUT2D eigenvalue weighted by Crippen LogP contribution is 2.48. The van der Waals surface area contributed by atoms with E-state index >= 15 is 0 Å². The van der Waals surface area contributed by atoms with E-state index in [4.69, 9.17) is 7.80 Å². The molecule has 0 radical (unpaired) electrons. The summed E-state index contributed by atoms with van der Waals surface area (Å²) in [6, 6.07) is 0. The second-order valence-electron chi connectivity index (χ2n) is 4.67. The van der Waals surface area contributed by atoms with Crippen LogP contribution in [-0.4, -0.2) is 58.8 Å². The molecule has 1 rings (SSSR count). The third-order valence-corrected chi connectivity index (χ3v) is 5.42. The highest BCUT2D eigenvalue weighted by Gasteiger charge is 2.47. The van der Waals surface area contributed by atoms with Crippen molar-refractivity contribution in [3.05, 3.63) is 0 Å². The predicted molar refractivity (Wildman–Crippen MR) is 70.6 cm³/mol. The van der Waals surface area contributed by atoms with Gasteiger partial charge in [0.1, 0.15) is 35.2 Å². The van der Waals surface area contributed by atoms with Crippen LogP contribution in [0, 0.1) is 0 Å². The van der Waals surface area contributed by atoms with E-state index in [1.54, 1.807) is 29.9 Å². The van der Waals surface area contributed by atoms with E-state index in [0.29, 0.717) is 0 Å². The lowest BCUT2D eigenvalue weighted by atomic mass is 10.0. The molecule has 1 aliphatic rings. The SMILES string of the molecule is CC1OC(O)C(S(C)(C)C)C(OI)C1O. The molecular formula is C9H19IO4S. The van der Waals surface area contributed by atoms with Crippen molar-refractivity contribution < 1.29 is 18.0 Å². The molecule has 0 aromatic rings. The van der Waals surface area contributed by atoms with Crippen molar-refractivity contribution in [3.8, 4) is 0 Å². The van der Waals surface area contributed by atoms with E-state index < -0.39 is 28.5 Å². The number of halogens is 1. The Morgan fingerprint density at radius 3 is 2.20 bits per heavy atom. The lowest BCUT2D eigenvalue weighted by molar-refractivity contribution is -0.213. The number of aliphatic hydroxyl groups is 2. The number of aliphatic hydroxyl groups excluding tert-OH is 2. The minimum Gasteiger partial charge on any atom is -0.388 e.